The predicted molar refractivity (Wildman–Crippen MR) is 69.0 cm³/mol. The molecule has 7 heteroatoms. The quantitative estimate of drug-likeness (QED) is 0.874. The van der Waals surface area contributed by atoms with Crippen LogP contribution >= 0.6 is 0 Å². The summed E-state index contributed by atoms with van der Waals surface area (Å²) in [5.41, 5.74) is 0.817. The number of aromatic nitrogens is 1. The fourth-order valence-corrected chi connectivity index (χ4v) is 2.67. The van der Waals surface area contributed by atoms with Gasteiger partial charge in [0.25, 0.3) is 10.0 Å². The lowest BCUT2D eigenvalue weighted by atomic mass is 10.1. The SMILES string of the molecule is CCC(O)c1cccc(S(=O)(=O)Nc2cnoc2)c1. The summed E-state index contributed by atoms with van der Waals surface area (Å²) < 4.78 is 31.1. The van der Waals surface area contributed by atoms with E-state index >= 15 is 0 Å². The minimum atomic E-state index is -3.71. The maximum absolute atomic E-state index is 12.1. The summed E-state index contributed by atoms with van der Waals surface area (Å²) in [5, 5.41) is 13.2. The zero-order valence-corrected chi connectivity index (χ0v) is 11.1. The molecule has 1 aromatic heterocycles. The van der Waals surface area contributed by atoms with Crippen molar-refractivity contribution < 1.29 is 18.0 Å². The highest BCUT2D eigenvalue weighted by atomic mass is 32.2. The summed E-state index contributed by atoms with van der Waals surface area (Å²) in [5.74, 6) is 0. The first-order chi connectivity index (χ1) is 9.03. The number of sulfonamides is 1. The first-order valence-electron chi connectivity index (χ1n) is 5.73. The van der Waals surface area contributed by atoms with Crippen molar-refractivity contribution in [3.05, 3.63) is 42.3 Å². The molecule has 0 spiro atoms. The third-order valence-corrected chi connectivity index (χ3v) is 4.00. The van der Waals surface area contributed by atoms with Gasteiger partial charge in [-0.2, -0.15) is 0 Å². The van der Waals surface area contributed by atoms with Crippen LogP contribution < -0.4 is 4.72 Å². The molecule has 0 amide bonds. The van der Waals surface area contributed by atoms with E-state index in [1.165, 1.54) is 24.6 Å². The van der Waals surface area contributed by atoms with Crippen LogP contribution in [0.1, 0.15) is 25.0 Å². The van der Waals surface area contributed by atoms with E-state index in [0.29, 0.717) is 12.0 Å². The normalized spacial score (nSPS) is 13.2. The molecule has 1 heterocycles. The molecule has 2 N–H and O–H groups in total. The van der Waals surface area contributed by atoms with Crippen LogP contribution in [0.2, 0.25) is 0 Å². The summed E-state index contributed by atoms with van der Waals surface area (Å²) in [6.07, 6.45) is 2.30. The number of benzene rings is 1. The lowest BCUT2D eigenvalue weighted by molar-refractivity contribution is 0.173. The van der Waals surface area contributed by atoms with Gasteiger partial charge in [-0.05, 0) is 24.1 Å². The fraction of sp³-hybridized carbons (Fsp3) is 0.250. The molecule has 0 saturated heterocycles. The van der Waals surface area contributed by atoms with Crippen LogP contribution in [0.4, 0.5) is 5.69 Å². The third-order valence-electron chi connectivity index (χ3n) is 2.62. The van der Waals surface area contributed by atoms with E-state index in [1.54, 1.807) is 12.1 Å². The van der Waals surface area contributed by atoms with Gasteiger partial charge in [-0.25, -0.2) is 8.42 Å². The van der Waals surface area contributed by atoms with Crippen LogP contribution in [-0.2, 0) is 10.0 Å². The number of nitrogens with zero attached hydrogens (tertiary/aromatic N) is 1. The van der Waals surface area contributed by atoms with Gasteiger partial charge in [-0.15, -0.1) is 0 Å². The van der Waals surface area contributed by atoms with Crippen LogP contribution in [0.15, 0.2) is 46.1 Å². The Morgan fingerprint density at radius 2 is 2.26 bits per heavy atom. The van der Waals surface area contributed by atoms with E-state index in [2.05, 4.69) is 14.4 Å². The molecule has 2 aromatic rings. The number of rotatable bonds is 5. The Morgan fingerprint density at radius 3 is 2.89 bits per heavy atom. The molecule has 1 unspecified atom stereocenters. The van der Waals surface area contributed by atoms with E-state index in [4.69, 9.17) is 0 Å². The van der Waals surface area contributed by atoms with E-state index in [0.717, 1.165) is 0 Å². The lowest BCUT2D eigenvalue weighted by Crippen LogP contribution is -2.13. The minimum absolute atomic E-state index is 0.0821. The second-order valence-corrected chi connectivity index (χ2v) is 5.70. The maximum atomic E-state index is 12.1. The molecule has 6 nitrogen and oxygen atoms in total. The van der Waals surface area contributed by atoms with Gasteiger partial charge in [-0.1, -0.05) is 24.2 Å². The van der Waals surface area contributed by atoms with E-state index in [9.17, 15) is 13.5 Å². The minimum Gasteiger partial charge on any atom is -0.388 e. The summed E-state index contributed by atoms with van der Waals surface area (Å²) >= 11 is 0. The van der Waals surface area contributed by atoms with Crippen molar-refractivity contribution in [3.63, 3.8) is 0 Å². The predicted octanol–water partition coefficient (Wildman–Crippen LogP) is 1.92. The average molecular weight is 282 g/mol. The highest BCUT2D eigenvalue weighted by Crippen LogP contribution is 2.21. The van der Waals surface area contributed by atoms with Crippen LogP contribution in [0, 0.1) is 0 Å². The summed E-state index contributed by atoms with van der Waals surface area (Å²) in [6, 6.07) is 6.19. The molecule has 0 aliphatic carbocycles. The number of anilines is 1. The zero-order chi connectivity index (χ0) is 13.9. The topological polar surface area (TPSA) is 92.4 Å². The number of aliphatic hydroxyl groups is 1. The van der Waals surface area contributed by atoms with Crippen molar-refractivity contribution >= 4 is 15.7 Å². The standard InChI is InChI=1S/C12H14N2O4S/c1-2-12(15)9-4-3-5-11(6-9)19(16,17)14-10-7-13-18-8-10/h3-8,12,14-15H,2H2,1H3. The zero-order valence-electron chi connectivity index (χ0n) is 10.3. The van der Waals surface area contributed by atoms with Gasteiger partial charge in [0.1, 0.15) is 12.0 Å². The summed E-state index contributed by atoms with van der Waals surface area (Å²) in [7, 11) is -3.71. The van der Waals surface area contributed by atoms with E-state index in [-0.39, 0.29) is 10.6 Å². The summed E-state index contributed by atoms with van der Waals surface area (Å²) in [6.45, 7) is 1.82. The molecular weight excluding hydrogens is 268 g/mol. The Balaban J connectivity index is 2.30. The Kier molecular flexibility index (Phi) is 3.87. The molecule has 0 radical (unpaired) electrons. The number of hydrogen-bond acceptors (Lipinski definition) is 5. The van der Waals surface area contributed by atoms with Crippen LogP contribution in [0.25, 0.3) is 0 Å². The second kappa shape index (κ2) is 5.41. The van der Waals surface area contributed by atoms with Gasteiger partial charge in [0.05, 0.1) is 17.2 Å². The van der Waals surface area contributed by atoms with Gasteiger partial charge in [0, 0.05) is 0 Å². The van der Waals surface area contributed by atoms with Crippen molar-refractivity contribution in [1.82, 2.24) is 5.16 Å². The van der Waals surface area contributed by atoms with E-state index in [1.807, 2.05) is 6.92 Å². The van der Waals surface area contributed by atoms with Gasteiger partial charge in [0.2, 0.25) is 0 Å². The molecule has 1 atom stereocenters. The highest BCUT2D eigenvalue weighted by Gasteiger charge is 2.16. The van der Waals surface area contributed by atoms with Crippen LogP contribution in [0.5, 0.6) is 0 Å². The van der Waals surface area contributed by atoms with Crippen LogP contribution in [-0.4, -0.2) is 18.7 Å². The largest absolute Gasteiger partial charge is 0.388 e. The Labute approximate surface area is 111 Å². The smallest absolute Gasteiger partial charge is 0.262 e. The van der Waals surface area contributed by atoms with Gasteiger partial charge in [-0.3, -0.25) is 4.72 Å². The van der Waals surface area contributed by atoms with Gasteiger partial charge in [0.15, 0.2) is 0 Å². The number of nitrogens with one attached hydrogen (secondary N) is 1. The third kappa shape index (κ3) is 3.12. The lowest BCUT2D eigenvalue weighted by Gasteiger charge is -2.10. The van der Waals surface area contributed by atoms with Crippen molar-refractivity contribution in [3.8, 4) is 0 Å². The van der Waals surface area contributed by atoms with E-state index < -0.39 is 16.1 Å². The van der Waals surface area contributed by atoms with Gasteiger partial charge < -0.3 is 9.63 Å². The van der Waals surface area contributed by atoms with Crippen LogP contribution in [0.3, 0.4) is 0 Å². The second-order valence-electron chi connectivity index (χ2n) is 4.02. The number of hydrogen-bond donors (Lipinski definition) is 2. The molecule has 19 heavy (non-hydrogen) atoms. The Morgan fingerprint density at radius 1 is 1.47 bits per heavy atom. The molecule has 102 valence electrons. The molecule has 0 bridgehead atoms. The molecule has 0 fully saturated rings. The average Bonchev–Trinajstić information content (AvgIpc) is 2.90. The first-order valence-corrected chi connectivity index (χ1v) is 7.21. The monoisotopic (exact) mass is 282 g/mol. The first kappa shape index (κ1) is 13.6. The Bertz CT molecular complexity index is 638. The molecule has 1 aromatic carbocycles. The van der Waals surface area contributed by atoms with Crippen molar-refractivity contribution in [1.29, 1.82) is 0 Å². The maximum Gasteiger partial charge on any atom is 0.262 e. The van der Waals surface area contributed by atoms with Gasteiger partial charge >= 0.3 is 0 Å². The highest BCUT2D eigenvalue weighted by molar-refractivity contribution is 7.92. The van der Waals surface area contributed by atoms with Crippen molar-refractivity contribution in [2.45, 2.75) is 24.3 Å². The summed E-state index contributed by atoms with van der Waals surface area (Å²) in [4.78, 5) is 0.0821. The van der Waals surface area contributed by atoms with Crippen molar-refractivity contribution in [2.75, 3.05) is 4.72 Å². The molecule has 0 aliphatic heterocycles. The molecule has 0 saturated carbocycles. The molecule has 2 rings (SSSR count). The molecular formula is C12H14N2O4S. The fourth-order valence-electron chi connectivity index (χ4n) is 1.59. The van der Waals surface area contributed by atoms with Crippen molar-refractivity contribution in [2.24, 2.45) is 0 Å². The number of aliphatic hydroxyl groups excluding tert-OH is 1. The molecule has 0 aliphatic rings. The Hall–Kier alpha value is -1.86.